The van der Waals surface area contributed by atoms with Gasteiger partial charge in [-0.05, 0) is 92.4 Å². The van der Waals surface area contributed by atoms with Gasteiger partial charge < -0.3 is 4.74 Å². The molecule has 0 N–H and O–H groups in total. The molecule has 3 rings (SSSR count). The van der Waals surface area contributed by atoms with Gasteiger partial charge in [-0.3, -0.25) is 9.80 Å². The third-order valence-electron chi connectivity index (χ3n) is 7.76. The van der Waals surface area contributed by atoms with Crippen molar-refractivity contribution in [3.05, 3.63) is 0 Å². The zero-order chi connectivity index (χ0) is 24.6. The SMILES string of the molecule is C.C.C.C.CC(C)(C)C1CCCCC1.CC(C)(C)N1CCOCC1.C[C@@H]1CCC[C@H](C)N1C(C)(C)C. The second-order valence-corrected chi connectivity index (χ2v) is 13.7. The Morgan fingerprint density at radius 2 is 0.972 bits per heavy atom. The molecule has 2 heterocycles. The minimum atomic E-state index is 0. The summed E-state index contributed by atoms with van der Waals surface area (Å²) < 4.78 is 5.25. The van der Waals surface area contributed by atoms with Crippen LogP contribution in [0.2, 0.25) is 0 Å². The predicted octanol–water partition coefficient (Wildman–Crippen LogP) is 10.3. The normalized spacial score (nSPS) is 24.1. The second kappa shape index (κ2) is 19.0. The fraction of sp³-hybridized carbons (Fsp3) is 1.00. The molecule has 0 aromatic rings. The van der Waals surface area contributed by atoms with Crippen LogP contribution >= 0.6 is 0 Å². The molecule has 3 heteroatoms. The first-order chi connectivity index (χ1) is 14.6. The van der Waals surface area contributed by atoms with E-state index in [0.29, 0.717) is 16.5 Å². The summed E-state index contributed by atoms with van der Waals surface area (Å²) >= 11 is 0. The molecule has 2 saturated heterocycles. The van der Waals surface area contributed by atoms with Crippen molar-refractivity contribution in [2.24, 2.45) is 11.3 Å². The summed E-state index contributed by atoms with van der Waals surface area (Å²) in [5.41, 5.74) is 1.24. The van der Waals surface area contributed by atoms with Crippen LogP contribution in [0.3, 0.4) is 0 Å². The number of rotatable bonds is 0. The Labute approximate surface area is 232 Å². The molecule has 2 aliphatic heterocycles. The number of hydrogen-bond acceptors (Lipinski definition) is 3. The predicted molar refractivity (Wildman–Crippen MR) is 169 cm³/mol. The van der Waals surface area contributed by atoms with E-state index in [0.717, 1.165) is 44.3 Å². The Morgan fingerprint density at radius 3 is 1.22 bits per heavy atom. The van der Waals surface area contributed by atoms with Crippen molar-refractivity contribution < 1.29 is 4.74 Å². The quantitative estimate of drug-likeness (QED) is 0.318. The number of nitrogens with zero attached hydrogens (tertiary/aromatic N) is 2. The van der Waals surface area contributed by atoms with Crippen LogP contribution in [0.15, 0.2) is 0 Å². The Kier molecular flexibility index (Phi) is 22.7. The van der Waals surface area contributed by atoms with Crippen molar-refractivity contribution in [1.82, 2.24) is 9.80 Å². The van der Waals surface area contributed by atoms with Crippen LogP contribution < -0.4 is 0 Å². The van der Waals surface area contributed by atoms with Gasteiger partial charge in [0.1, 0.15) is 0 Å². The molecule has 0 spiro atoms. The second-order valence-electron chi connectivity index (χ2n) is 13.7. The third-order valence-corrected chi connectivity index (χ3v) is 7.76. The molecule has 0 radical (unpaired) electrons. The van der Waals surface area contributed by atoms with E-state index >= 15 is 0 Å². The molecule has 0 aromatic carbocycles. The largest absolute Gasteiger partial charge is 0.379 e. The molecule has 3 fully saturated rings. The number of piperidine rings is 1. The fourth-order valence-electron chi connectivity index (χ4n) is 5.95. The molecule has 0 unspecified atom stereocenters. The van der Waals surface area contributed by atoms with Gasteiger partial charge in [0.25, 0.3) is 0 Å². The van der Waals surface area contributed by atoms with E-state index in [1.54, 1.807) is 0 Å². The number of ether oxygens (including phenoxy) is 1. The van der Waals surface area contributed by atoms with Crippen LogP contribution in [0, 0.1) is 11.3 Å². The van der Waals surface area contributed by atoms with Crippen LogP contribution in [-0.4, -0.2) is 59.3 Å². The molecule has 224 valence electrons. The summed E-state index contributed by atoms with van der Waals surface area (Å²) in [6.07, 6.45) is 11.5. The van der Waals surface area contributed by atoms with Gasteiger partial charge in [-0.1, -0.05) is 76.2 Å². The first kappa shape index (κ1) is 43.0. The van der Waals surface area contributed by atoms with Crippen molar-refractivity contribution in [2.45, 2.75) is 180 Å². The van der Waals surface area contributed by atoms with Crippen LogP contribution in [0.25, 0.3) is 0 Å². The highest BCUT2D eigenvalue weighted by atomic mass is 16.5. The van der Waals surface area contributed by atoms with Crippen molar-refractivity contribution in [3.63, 3.8) is 0 Å². The molecule has 3 nitrogen and oxygen atoms in total. The van der Waals surface area contributed by atoms with Gasteiger partial charge in [0.15, 0.2) is 0 Å². The smallest absolute Gasteiger partial charge is 0.0594 e. The van der Waals surface area contributed by atoms with Crippen molar-refractivity contribution in [2.75, 3.05) is 26.3 Å². The average molecular weight is 517 g/mol. The number of hydrogen-bond donors (Lipinski definition) is 0. The summed E-state index contributed by atoms with van der Waals surface area (Å²) in [4.78, 5) is 5.12. The lowest BCUT2D eigenvalue weighted by Crippen LogP contribution is -2.53. The maximum Gasteiger partial charge on any atom is 0.0594 e. The summed E-state index contributed by atoms with van der Waals surface area (Å²) in [6, 6.07) is 1.54. The fourth-order valence-corrected chi connectivity index (χ4v) is 5.95. The number of morpholine rings is 1. The van der Waals surface area contributed by atoms with Crippen molar-refractivity contribution in [3.8, 4) is 0 Å². The third kappa shape index (κ3) is 16.0. The zero-order valence-corrected chi connectivity index (χ0v) is 24.0. The molecule has 0 aromatic heterocycles. The molecule has 3 aliphatic rings. The van der Waals surface area contributed by atoms with E-state index < -0.39 is 0 Å². The lowest BCUT2D eigenvalue weighted by Gasteiger charge is -2.47. The van der Waals surface area contributed by atoms with Gasteiger partial charge in [-0.15, -0.1) is 0 Å². The van der Waals surface area contributed by atoms with Gasteiger partial charge in [0, 0.05) is 36.3 Å². The van der Waals surface area contributed by atoms with E-state index in [4.69, 9.17) is 4.74 Å². The topological polar surface area (TPSA) is 15.7 Å². The van der Waals surface area contributed by atoms with Crippen molar-refractivity contribution in [1.29, 1.82) is 0 Å². The summed E-state index contributed by atoms with van der Waals surface area (Å²) in [5, 5.41) is 0. The minimum Gasteiger partial charge on any atom is -0.379 e. The molecule has 0 amide bonds. The maximum atomic E-state index is 5.25. The van der Waals surface area contributed by atoms with E-state index in [9.17, 15) is 0 Å². The van der Waals surface area contributed by atoms with Crippen LogP contribution in [0.1, 0.15) is 157 Å². The van der Waals surface area contributed by atoms with Crippen LogP contribution in [0.4, 0.5) is 0 Å². The lowest BCUT2D eigenvalue weighted by atomic mass is 9.72. The van der Waals surface area contributed by atoms with Crippen molar-refractivity contribution >= 4 is 0 Å². The standard InChI is InChI=1S/C11H23N.C10H20.C8H17NO.4CH4/c1-9-7-6-8-10(2)12(9)11(3,4)5;1-10(2,3)9-7-5-4-6-8-9;1-8(2,3)9-4-6-10-7-5-9;;;;/h9-10H,6-8H2,1-5H3;9H,4-8H2,1-3H3;4-7H2,1-3H3;4*1H4/t9-,10+;;;;;;. The number of likely N-dealkylation sites (tertiary alicyclic amines) is 1. The van der Waals surface area contributed by atoms with Gasteiger partial charge in [-0.25, -0.2) is 0 Å². The zero-order valence-electron chi connectivity index (χ0n) is 24.0. The Hall–Kier alpha value is -0.120. The maximum absolute atomic E-state index is 5.25. The van der Waals surface area contributed by atoms with Gasteiger partial charge in [0.05, 0.1) is 13.2 Å². The van der Waals surface area contributed by atoms with E-state index in [1.807, 2.05) is 0 Å². The summed E-state index contributed by atoms with van der Waals surface area (Å²) in [7, 11) is 0. The molecular weight excluding hydrogens is 440 g/mol. The lowest BCUT2D eigenvalue weighted by molar-refractivity contribution is -0.00389. The van der Waals surface area contributed by atoms with Gasteiger partial charge in [-0.2, -0.15) is 0 Å². The van der Waals surface area contributed by atoms with Gasteiger partial charge >= 0.3 is 0 Å². The highest BCUT2D eigenvalue weighted by Crippen LogP contribution is 2.37. The summed E-state index contributed by atoms with van der Waals surface area (Å²) in [6.45, 7) is 29.6. The summed E-state index contributed by atoms with van der Waals surface area (Å²) in [5.74, 6) is 1.00. The Morgan fingerprint density at radius 1 is 0.556 bits per heavy atom. The highest BCUT2D eigenvalue weighted by molar-refractivity contribution is 4.88. The average Bonchev–Trinajstić information content (AvgIpc) is 2.68. The molecule has 36 heavy (non-hydrogen) atoms. The van der Waals surface area contributed by atoms with Gasteiger partial charge in [0.2, 0.25) is 0 Å². The minimum absolute atomic E-state index is 0. The van der Waals surface area contributed by atoms with Crippen LogP contribution in [-0.2, 0) is 4.74 Å². The van der Waals surface area contributed by atoms with Crippen LogP contribution in [0.5, 0.6) is 0 Å². The van der Waals surface area contributed by atoms with E-state index in [2.05, 4.69) is 86.0 Å². The Bertz CT molecular complexity index is 447. The molecule has 0 bridgehead atoms. The Balaban J connectivity index is -0.000000203. The first-order valence-electron chi connectivity index (χ1n) is 13.7. The monoisotopic (exact) mass is 517 g/mol. The van der Waals surface area contributed by atoms with E-state index in [-0.39, 0.29) is 29.7 Å². The molecule has 1 saturated carbocycles. The first-order valence-corrected chi connectivity index (χ1v) is 13.7. The molecule has 2 atom stereocenters. The highest BCUT2D eigenvalue weighted by Gasteiger charge is 2.32. The van der Waals surface area contributed by atoms with E-state index in [1.165, 1.54) is 51.4 Å². The molecular formula is C33H76N2O. The molecule has 1 aliphatic carbocycles.